The lowest BCUT2D eigenvalue weighted by Crippen LogP contribution is -2.79. The summed E-state index contributed by atoms with van der Waals surface area (Å²) in [6.07, 6.45) is 3.62. The van der Waals surface area contributed by atoms with Gasteiger partial charge in [-0.3, -0.25) is 4.79 Å². The van der Waals surface area contributed by atoms with Crippen molar-refractivity contribution in [1.82, 2.24) is 0 Å². The Morgan fingerprint density at radius 3 is 2.40 bits per heavy atom. The van der Waals surface area contributed by atoms with E-state index in [0.29, 0.717) is 18.8 Å². The molecule has 0 saturated heterocycles. The number of aliphatic hydroxyl groups is 1. The summed E-state index contributed by atoms with van der Waals surface area (Å²) in [6, 6.07) is 0. The summed E-state index contributed by atoms with van der Waals surface area (Å²) in [5, 5.41) is 10.1. The molecule has 84 valence electrons. The molecule has 2 bridgehead atoms. The maximum atomic E-state index is 11.9. The Balaban J connectivity index is 1.73. The molecule has 4 fully saturated rings. The third kappa shape index (κ3) is 1.07. The third-order valence-corrected chi connectivity index (χ3v) is 4.26. The van der Waals surface area contributed by atoms with Crippen molar-refractivity contribution >= 4 is 5.97 Å². The standard InChI is InChI=1S/C12H18O3/c1-7(2)15-10(13)11-5-12(14,6-11)9(11)8-3-4-8/h7-9,14H,3-6H2,1-2H3. The summed E-state index contributed by atoms with van der Waals surface area (Å²) in [5.41, 5.74) is -0.794. The van der Waals surface area contributed by atoms with Crippen LogP contribution in [-0.4, -0.2) is 22.8 Å². The van der Waals surface area contributed by atoms with E-state index in [2.05, 4.69) is 0 Å². The van der Waals surface area contributed by atoms with Gasteiger partial charge in [0.25, 0.3) is 0 Å². The smallest absolute Gasteiger partial charge is 0.312 e. The Kier molecular flexibility index (Phi) is 1.65. The van der Waals surface area contributed by atoms with Gasteiger partial charge in [-0.2, -0.15) is 0 Å². The molecule has 15 heavy (non-hydrogen) atoms. The van der Waals surface area contributed by atoms with E-state index < -0.39 is 5.60 Å². The molecule has 1 atom stereocenters. The highest BCUT2D eigenvalue weighted by molar-refractivity contribution is 5.83. The summed E-state index contributed by atoms with van der Waals surface area (Å²) >= 11 is 0. The highest BCUT2D eigenvalue weighted by Crippen LogP contribution is 2.76. The fourth-order valence-corrected chi connectivity index (χ4v) is 3.65. The van der Waals surface area contributed by atoms with E-state index in [1.807, 2.05) is 13.8 Å². The zero-order valence-corrected chi connectivity index (χ0v) is 9.32. The van der Waals surface area contributed by atoms with Gasteiger partial charge in [0.2, 0.25) is 0 Å². The summed E-state index contributed by atoms with van der Waals surface area (Å²) in [4.78, 5) is 11.9. The van der Waals surface area contributed by atoms with Crippen LogP contribution in [0.15, 0.2) is 0 Å². The van der Waals surface area contributed by atoms with Gasteiger partial charge in [0.15, 0.2) is 0 Å². The van der Waals surface area contributed by atoms with Gasteiger partial charge in [-0.05, 0) is 45.4 Å². The van der Waals surface area contributed by atoms with Crippen molar-refractivity contribution in [1.29, 1.82) is 0 Å². The van der Waals surface area contributed by atoms with Gasteiger partial charge in [-0.25, -0.2) is 0 Å². The second kappa shape index (κ2) is 2.57. The number of ether oxygens (including phenoxy) is 1. The van der Waals surface area contributed by atoms with Crippen LogP contribution in [0.25, 0.3) is 0 Å². The van der Waals surface area contributed by atoms with Gasteiger partial charge in [-0.1, -0.05) is 0 Å². The number of esters is 1. The molecule has 4 saturated carbocycles. The largest absolute Gasteiger partial charge is 0.463 e. The van der Waals surface area contributed by atoms with Crippen LogP contribution in [0.4, 0.5) is 0 Å². The third-order valence-electron chi connectivity index (χ3n) is 4.26. The van der Waals surface area contributed by atoms with Gasteiger partial charge in [0.05, 0.1) is 17.1 Å². The summed E-state index contributed by atoms with van der Waals surface area (Å²) in [6.45, 7) is 3.76. The van der Waals surface area contributed by atoms with E-state index in [1.165, 1.54) is 12.8 Å². The summed E-state index contributed by atoms with van der Waals surface area (Å²) < 4.78 is 5.30. The topological polar surface area (TPSA) is 46.5 Å². The molecule has 1 N–H and O–H groups in total. The monoisotopic (exact) mass is 210 g/mol. The Hall–Kier alpha value is -0.570. The van der Waals surface area contributed by atoms with Crippen molar-refractivity contribution in [3.63, 3.8) is 0 Å². The van der Waals surface area contributed by atoms with Crippen molar-refractivity contribution < 1.29 is 14.6 Å². The zero-order chi connectivity index (χ0) is 10.8. The molecule has 0 aromatic carbocycles. The molecule has 3 heteroatoms. The van der Waals surface area contributed by atoms with Gasteiger partial charge >= 0.3 is 5.97 Å². The predicted molar refractivity (Wildman–Crippen MR) is 54.1 cm³/mol. The number of hydrogen-bond acceptors (Lipinski definition) is 3. The van der Waals surface area contributed by atoms with Crippen LogP contribution in [0.5, 0.6) is 0 Å². The molecule has 0 radical (unpaired) electrons. The molecule has 3 nitrogen and oxygen atoms in total. The average molecular weight is 210 g/mol. The van der Waals surface area contributed by atoms with Crippen LogP contribution >= 0.6 is 0 Å². The van der Waals surface area contributed by atoms with Crippen molar-refractivity contribution in [2.45, 2.75) is 51.2 Å². The van der Waals surface area contributed by atoms with E-state index >= 15 is 0 Å². The molecule has 0 aromatic rings. The summed E-state index contributed by atoms with van der Waals surface area (Å²) in [5.74, 6) is 0.749. The van der Waals surface area contributed by atoms with Crippen molar-refractivity contribution in [2.75, 3.05) is 0 Å². The lowest BCUT2D eigenvalue weighted by Gasteiger charge is -2.72. The van der Waals surface area contributed by atoms with Gasteiger partial charge in [0, 0.05) is 5.92 Å². The second-order valence-electron chi connectivity index (χ2n) is 5.88. The Bertz CT molecular complexity index is 311. The first-order valence-corrected chi connectivity index (χ1v) is 5.91. The molecule has 4 rings (SSSR count). The van der Waals surface area contributed by atoms with E-state index in [1.54, 1.807) is 0 Å². The lowest BCUT2D eigenvalue weighted by molar-refractivity contribution is -0.321. The minimum Gasteiger partial charge on any atom is -0.463 e. The normalized spacial score (nSPS) is 47.1. The van der Waals surface area contributed by atoms with E-state index in [4.69, 9.17) is 4.74 Å². The number of carbonyl (C=O) groups is 1. The quantitative estimate of drug-likeness (QED) is 0.718. The molecule has 0 amide bonds. The second-order valence-corrected chi connectivity index (χ2v) is 5.88. The Morgan fingerprint density at radius 1 is 1.40 bits per heavy atom. The maximum Gasteiger partial charge on any atom is 0.312 e. The van der Waals surface area contributed by atoms with Crippen molar-refractivity contribution in [3.05, 3.63) is 0 Å². The van der Waals surface area contributed by atoms with Crippen molar-refractivity contribution in [2.24, 2.45) is 17.3 Å². The van der Waals surface area contributed by atoms with Crippen molar-refractivity contribution in [3.8, 4) is 0 Å². The molecule has 4 aliphatic rings. The number of carbonyl (C=O) groups excluding carboxylic acids is 1. The minimum atomic E-state index is -0.503. The van der Waals surface area contributed by atoms with Crippen LogP contribution in [0.2, 0.25) is 0 Å². The average Bonchev–Trinajstić information content (AvgIpc) is 2.80. The molecule has 1 unspecified atom stereocenters. The molecule has 0 aromatic heterocycles. The Morgan fingerprint density at radius 2 is 2.00 bits per heavy atom. The maximum absolute atomic E-state index is 11.9. The Labute approximate surface area is 89.8 Å². The molecular weight excluding hydrogens is 192 g/mol. The van der Waals surface area contributed by atoms with Crippen LogP contribution in [0.1, 0.15) is 39.5 Å². The lowest BCUT2D eigenvalue weighted by atomic mass is 9.33. The van der Waals surface area contributed by atoms with Crippen LogP contribution in [0.3, 0.4) is 0 Å². The first-order chi connectivity index (χ1) is 6.98. The first kappa shape index (κ1) is 9.64. The minimum absolute atomic E-state index is 0.0407. The molecule has 4 aliphatic carbocycles. The van der Waals surface area contributed by atoms with Crippen LogP contribution < -0.4 is 0 Å². The zero-order valence-electron chi connectivity index (χ0n) is 9.32. The van der Waals surface area contributed by atoms with E-state index in [0.717, 1.165) is 0 Å². The number of hydrogen-bond donors (Lipinski definition) is 1. The van der Waals surface area contributed by atoms with E-state index in [-0.39, 0.29) is 23.4 Å². The first-order valence-electron chi connectivity index (χ1n) is 5.91. The fourth-order valence-electron chi connectivity index (χ4n) is 3.65. The van der Waals surface area contributed by atoms with Crippen LogP contribution in [-0.2, 0) is 9.53 Å². The van der Waals surface area contributed by atoms with Gasteiger partial charge < -0.3 is 9.84 Å². The SMILES string of the molecule is CC(C)OC(=O)C12CC(O)(C1)C2C1CC1. The molecule has 0 aliphatic heterocycles. The molecule has 0 spiro atoms. The van der Waals surface area contributed by atoms with Gasteiger partial charge in [-0.15, -0.1) is 0 Å². The van der Waals surface area contributed by atoms with Crippen LogP contribution in [0, 0.1) is 17.3 Å². The number of rotatable bonds is 3. The highest BCUT2D eigenvalue weighted by Gasteiger charge is 2.81. The highest BCUT2D eigenvalue weighted by atomic mass is 16.5. The predicted octanol–water partition coefficient (Wildman–Crippen LogP) is 1.49. The molecule has 0 heterocycles. The molecular formula is C12H18O3. The van der Waals surface area contributed by atoms with E-state index in [9.17, 15) is 9.90 Å². The summed E-state index contributed by atoms with van der Waals surface area (Å²) in [7, 11) is 0. The fraction of sp³-hybridized carbons (Fsp3) is 0.917. The van der Waals surface area contributed by atoms with Gasteiger partial charge in [0.1, 0.15) is 0 Å².